The van der Waals surface area contributed by atoms with Gasteiger partial charge >= 0.3 is 5.97 Å². The van der Waals surface area contributed by atoms with E-state index in [0.717, 1.165) is 11.1 Å². The lowest BCUT2D eigenvalue weighted by Gasteiger charge is -2.35. The first kappa shape index (κ1) is 24.3. The molecule has 0 aliphatic carbocycles. The number of hydrogen-bond donors (Lipinski definition) is 0. The lowest BCUT2D eigenvalue weighted by Crippen LogP contribution is -2.38. The maximum absolute atomic E-state index is 13.3. The fourth-order valence-electron chi connectivity index (χ4n) is 4.12. The number of ether oxygens (including phenoxy) is 1. The van der Waals surface area contributed by atoms with Crippen LogP contribution in [-0.4, -0.2) is 23.4 Å². The van der Waals surface area contributed by atoms with Crippen LogP contribution < -0.4 is 0 Å². The van der Waals surface area contributed by atoms with E-state index in [1.165, 1.54) is 5.56 Å². The second kappa shape index (κ2) is 10.5. The minimum absolute atomic E-state index is 0.0708. The third-order valence-electron chi connectivity index (χ3n) is 6.06. The number of allylic oxidation sites excluding steroid dienone is 1. The van der Waals surface area contributed by atoms with Gasteiger partial charge in [-0.3, -0.25) is 4.79 Å². The Bertz CT molecular complexity index is 1090. The van der Waals surface area contributed by atoms with Gasteiger partial charge in [-0.1, -0.05) is 70.2 Å². The summed E-state index contributed by atoms with van der Waals surface area (Å²) in [5.74, 6) is -0.206. The Morgan fingerprint density at radius 2 is 1.79 bits per heavy atom. The van der Waals surface area contributed by atoms with Gasteiger partial charge in [0.25, 0.3) is 0 Å². The molecular formula is C28H32N2O3. The molecule has 0 fully saturated rings. The van der Waals surface area contributed by atoms with Crippen molar-refractivity contribution >= 4 is 11.9 Å². The number of nitrogens with zero attached hydrogens (tertiary/aromatic N) is 2. The number of nitriles is 1. The van der Waals surface area contributed by atoms with Crippen LogP contribution in [0.3, 0.4) is 0 Å². The zero-order chi connectivity index (χ0) is 24.1. The van der Waals surface area contributed by atoms with Crippen molar-refractivity contribution in [2.45, 2.75) is 59.4 Å². The fraction of sp³-hybridized carbons (Fsp3) is 0.393. The first-order chi connectivity index (χ1) is 15.7. The average molecular weight is 445 g/mol. The smallest absolute Gasteiger partial charge is 0.336 e. The molecule has 0 saturated heterocycles. The molecule has 1 unspecified atom stereocenters. The van der Waals surface area contributed by atoms with Crippen LogP contribution in [0.5, 0.6) is 0 Å². The Morgan fingerprint density at radius 1 is 1.12 bits per heavy atom. The van der Waals surface area contributed by atoms with Crippen molar-refractivity contribution in [3.63, 3.8) is 0 Å². The van der Waals surface area contributed by atoms with Crippen molar-refractivity contribution in [2.75, 3.05) is 6.61 Å². The predicted octanol–water partition coefficient (Wildman–Crippen LogP) is 5.67. The summed E-state index contributed by atoms with van der Waals surface area (Å²) in [6.07, 6.45) is 0.180. The summed E-state index contributed by atoms with van der Waals surface area (Å²) < 4.78 is 5.62. The molecule has 1 aliphatic rings. The minimum atomic E-state index is -0.384. The molecule has 0 bridgehead atoms. The normalized spacial score (nSPS) is 16.4. The number of hydrogen-bond acceptors (Lipinski definition) is 4. The van der Waals surface area contributed by atoms with Crippen LogP contribution in [0.25, 0.3) is 0 Å². The summed E-state index contributed by atoms with van der Waals surface area (Å²) in [5.41, 5.74) is 4.52. The summed E-state index contributed by atoms with van der Waals surface area (Å²) in [7, 11) is 0. The molecule has 172 valence electrons. The molecule has 0 N–H and O–H groups in total. The molecule has 0 aromatic heterocycles. The van der Waals surface area contributed by atoms with E-state index in [4.69, 9.17) is 4.74 Å². The fourth-order valence-corrected chi connectivity index (χ4v) is 4.12. The number of carbonyl (C=O) groups excluding carboxylic acids is 2. The van der Waals surface area contributed by atoms with Crippen molar-refractivity contribution in [3.8, 4) is 6.07 Å². The summed E-state index contributed by atoms with van der Waals surface area (Å²) in [6.45, 7) is 10.6. The average Bonchev–Trinajstić information content (AvgIpc) is 2.80. The molecule has 3 rings (SSSR count). The van der Waals surface area contributed by atoms with Crippen molar-refractivity contribution in [1.29, 1.82) is 5.26 Å². The molecule has 2 aromatic rings. The SMILES string of the molecule is CC1=C(C(=O)OCC(C)C)C(c2ccc(C(C)C)cc2)CC(=O)N1Cc1ccccc1C#N. The van der Waals surface area contributed by atoms with Gasteiger partial charge in [0.05, 0.1) is 30.4 Å². The predicted molar refractivity (Wildman–Crippen MR) is 128 cm³/mol. The van der Waals surface area contributed by atoms with Gasteiger partial charge in [-0.15, -0.1) is 0 Å². The van der Waals surface area contributed by atoms with E-state index in [1.807, 2.05) is 38.1 Å². The first-order valence-corrected chi connectivity index (χ1v) is 11.5. The Balaban J connectivity index is 2.03. The molecule has 0 spiro atoms. The number of esters is 1. The molecule has 5 nitrogen and oxygen atoms in total. The highest BCUT2D eigenvalue weighted by atomic mass is 16.5. The second-order valence-corrected chi connectivity index (χ2v) is 9.32. The molecular weight excluding hydrogens is 412 g/mol. The monoisotopic (exact) mass is 444 g/mol. The quantitative estimate of drug-likeness (QED) is 0.516. The standard InChI is InChI=1S/C28H32N2O3/c1-18(2)17-33-28(32)27-20(5)30(16-24-9-7-6-8-23(24)15-29)26(31)14-25(27)22-12-10-21(11-13-22)19(3)4/h6-13,18-19,25H,14,16-17H2,1-5H3. The van der Waals surface area contributed by atoms with Crippen LogP contribution in [0.1, 0.15) is 75.1 Å². The number of carbonyl (C=O) groups is 2. The van der Waals surface area contributed by atoms with Crippen LogP contribution in [-0.2, 0) is 20.9 Å². The van der Waals surface area contributed by atoms with E-state index in [1.54, 1.807) is 24.0 Å². The maximum Gasteiger partial charge on any atom is 0.336 e. The van der Waals surface area contributed by atoms with E-state index in [-0.39, 0.29) is 36.7 Å². The van der Waals surface area contributed by atoms with E-state index in [0.29, 0.717) is 29.4 Å². The molecule has 0 saturated carbocycles. The topological polar surface area (TPSA) is 70.4 Å². The second-order valence-electron chi connectivity index (χ2n) is 9.32. The molecule has 2 aromatic carbocycles. The van der Waals surface area contributed by atoms with Crippen LogP contribution in [0.15, 0.2) is 59.8 Å². The Kier molecular flexibility index (Phi) is 7.71. The molecule has 1 aliphatic heterocycles. The van der Waals surface area contributed by atoms with Crippen molar-refractivity contribution in [1.82, 2.24) is 4.90 Å². The highest BCUT2D eigenvalue weighted by molar-refractivity contribution is 5.95. The lowest BCUT2D eigenvalue weighted by atomic mass is 9.83. The highest BCUT2D eigenvalue weighted by Crippen LogP contribution is 2.38. The third kappa shape index (κ3) is 5.51. The van der Waals surface area contributed by atoms with Crippen LogP contribution in [0.2, 0.25) is 0 Å². The van der Waals surface area contributed by atoms with Gasteiger partial charge in [-0.05, 0) is 41.5 Å². The van der Waals surface area contributed by atoms with Gasteiger partial charge in [0.2, 0.25) is 5.91 Å². The number of amides is 1. The molecule has 1 heterocycles. The lowest BCUT2D eigenvalue weighted by molar-refractivity contribution is -0.141. The molecule has 1 amide bonds. The highest BCUT2D eigenvalue weighted by Gasteiger charge is 2.37. The van der Waals surface area contributed by atoms with E-state index >= 15 is 0 Å². The molecule has 1 atom stereocenters. The zero-order valence-corrected chi connectivity index (χ0v) is 20.1. The van der Waals surface area contributed by atoms with E-state index < -0.39 is 0 Å². The molecule has 33 heavy (non-hydrogen) atoms. The molecule has 5 heteroatoms. The largest absolute Gasteiger partial charge is 0.462 e. The van der Waals surface area contributed by atoms with Gasteiger partial charge in [-0.25, -0.2) is 4.79 Å². The van der Waals surface area contributed by atoms with Crippen molar-refractivity contribution in [2.24, 2.45) is 5.92 Å². The Labute approximate surface area is 196 Å². The van der Waals surface area contributed by atoms with Gasteiger partial charge in [0.1, 0.15) is 0 Å². The van der Waals surface area contributed by atoms with Crippen molar-refractivity contribution in [3.05, 3.63) is 82.1 Å². The van der Waals surface area contributed by atoms with Gasteiger partial charge in [0.15, 0.2) is 0 Å². The Hall–Kier alpha value is -3.39. The van der Waals surface area contributed by atoms with Crippen LogP contribution in [0.4, 0.5) is 0 Å². The minimum Gasteiger partial charge on any atom is -0.462 e. The maximum atomic E-state index is 13.3. The summed E-state index contributed by atoms with van der Waals surface area (Å²) in [4.78, 5) is 28.1. The van der Waals surface area contributed by atoms with E-state index in [9.17, 15) is 14.9 Å². The molecule has 0 radical (unpaired) electrons. The van der Waals surface area contributed by atoms with Crippen LogP contribution in [0, 0.1) is 17.2 Å². The number of rotatable bonds is 7. The third-order valence-corrected chi connectivity index (χ3v) is 6.06. The summed E-state index contributed by atoms with van der Waals surface area (Å²) in [5, 5.41) is 9.45. The zero-order valence-electron chi connectivity index (χ0n) is 20.1. The van der Waals surface area contributed by atoms with Gasteiger partial charge in [0, 0.05) is 18.0 Å². The first-order valence-electron chi connectivity index (χ1n) is 11.5. The van der Waals surface area contributed by atoms with E-state index in [2.05, 4.69) is 32.0 Å². The summed E-state index contributed by atoms with van der Waals surface area (Å²) >= 11 is 0. The van der Waals surface area contributed by atoms with Gasteiger partial charge in [-0.2, -0.15) is 5.26 Å². The summed E-state index contributed by atoms with van der Waals surface area (Å²) in [6, 6.07) is 17.6. The van der Waals surface area contributed by atoms with Gasteiger partial charge < -0.3 is 9.64 Å². The number of benzene rings is 2. The van der Waals surface area contributed by atoms with Crippen LogP contribution >= 0.6 is 0 Å². The Morgan fingerprint density at radius 3 is 2.39 bits per heavy atom. The van der Waals surface area contributed by atoms with Crippen molar-refractivity contribution < 1.29 is 14.3 Å².